The second kappa shape index (κ2) is 8.21. The first kappa shape index (κ1) is 17.5. The van der Waals surface area contributed by atoms with Crippen LogP contribution in [0.4, 0.5) is 0 Å². The molecule has 26 heavy (non-hydrogen) atoms. The van der Waals surface area contributed by atoms with E-state index in [1.807, 2.05) is 6.07 Å². The minimum atomic E-state index is -0.503. The molecule has 2 aromatic rings. The maximum absolute atomic E-state index is 12.0. The fourth-order valence-electron chi connectivity index (χ4n) is 2.20. The highest BCUT2D eigenvalue weighted by Crippen LogP contribution is 2.28. The predicted octanol–water partition coefficient (Wildman–Crippen LogP) is 2.41. The average Bonchev–Trinajstić information content (AvgIpc) is 3.38. The molecule has 1 amide bonds. The number of para-hydroxylation sites is 1. The third-order valence-electron chi connectivity index (χ3n) is 3.83. The highest BCUT2D eigenvalue weighted by molar-refractivity contribution is 5.93. The number of furan rings is 1. The van der Waals surface area contributed by atoms with E-state index in [2.05, 4.69) is 5.32 Å². The maximum Gasteiger partial charge on any atom is 0.325 e. The molecular formula is C19H18N2O5. The largest absolute Gasteiger partial charge is 0.484 e. The van der Waals surface area contributed by atoms with E-state index in [1.165, 1.54) is 6.07 Å². The van der Waals surface area contributed by atoms with E-state index in [9.17, 15) is 9.59 Å². The van der Waals surface area contributed by atoms with E-state index in [1.54, 1.807) is 30.3 Å². The Morgan fingerprint density at radius 2 is 2.04 bits per heavy atom. The lowest BCUT2D eigenvalue weighted by atomic mass is 10.2. The van der Waals surface area contributed by atoms with Crippen molar-refractivity contribution in [2.24, 2.45) is 5.92 Å². The zero-order valence-electron chi connectivity index (χ0n) is 14.1. The molecule has 0 aliphatic heterocycles. The lowest BCUT2D eigenvalue weighted by Gasteiger charge is -2.06. The molecule has 1 saturated carbocycles. The van der Waals surface area contributed by atoms with Gasteiger partial charge in [0, 0.05) is 0 Å². The van der Waals surface area contributed by atoms with E-state index < -0.39 is 11.9 Å². The van der Waals surface area contributed by atoms with Gasteiger partial charge in [0.2, 0.25) is 0 Å². The molecule has 1 aromatic heterocycles. The summed E-state index contributed by atoms with van der Waals surface area (Å²) in [7, 11) is 0. The number of nitrogens with one attached hydrogen (secondary N) is 1. The van der Waals surface area contributed by atoms with E-state index in [0.29, 0.717) is 29.6 Å². The number of rotatable bonds is 8. The van der Waals surface area contributed by atoms with Crippen LogP contribution in [-0.2, 0) is 16.1 Å². The number of nitrogens with zero attached hydrogens (tertiary/aromatic N) is 1. The normalized spacial score (nSPS) is 12.9. The molecule has 3 rings (SSSR count). The molecule has 7 nitrogen and oxygen atoms in total. The maximum atomic E-state index is 12.0. The van der Waals surface area contributed by atoms with Gasteiger partial charge in [-0.05, 0) is 43.0 Å². The number of benzene rings is 1. The number of carbonyl (C=O) groups is 2. The second-order valence-corrected chi connectivity index (χ2v) is 5.97. The number of carbonyl (C=O) groups excluding carboxylic acids is 2. The molecule has 0 radical (unpaired) electrons. The summed E-state index contributed by atoms with van der Waals surface area (Å²) in [5.74, 6) is 0.459. The number of esters is 1. The Morgan fingerprint density at radius 1 is 1.23 bits per heavy atom. The van der Waals surface area contributed by atoms with E-state index in [-0.39, 0.29) is 18.9 Å². The highest BCUT2D eigenvalue weighted by atomic mass is 16.5. The van der Waals surface area contributed by atoms with E-state index in [0.717, 1.165) is 12.8 Å². The summed E-state index contributed by atoms with van der Waals surface area (Å²) in [5.41, 5.74) is 0.418. The number of ether oxygens (including phenoxy) is 2. The smallest absolute Gasteiger partial charge is 0.325 e. The molecule has 7 heteroatoms. The molecular weight excluding hydrogens is 336 g/mol. The third-order valence-corrected chi connectivity index (χ3v) is 3.83. The molecule has 1 aromatic carbocycles. The Labute approximate surface area is 150 Å². The van der Waals surface area contributed by atoms with Crippen LogP contribution in [0.3, 0.4) is 0 Å². The van der Waals surface area contributed by atoms with Gasteiger partial charge >= 0.3 is 5.97 Å². The standard InChI is InChI=1S/C19H18N2O5/c20-9-14-3-1-2-4-16(14)24-12-15-7-8-17(26-15)19(23)21-10-18(22)25-11-13-5-6-13/h1-4,7-8,13H,5-6,10-12H2,(H,21,23). The Morgan fingerprint density at radius 3 is 2.81 bits per heavy atom. The van der Waals surface area contributed by atoms with Gasteiger partial charge < -0.3 is 19.2 Å². The van der Waals surface area contributed by atoms with Crippen LogP contribution in [0.15, 0.2) is 40.8 Å². The zero-order chi connectivity index (χ0) is 18.4. The SMILES string of the molecule is N#Cc1ccccc1OCc1ccc(C(=O)NCC(=O)OCC2CC2)o1. The number of nitriles is 1. The average molecular weight is 354 g/mol. The third kappa shape index (κ3) is 4.86. The van der Waals surface area contributed by atoms with Gasteiger partial charge in [-0.2, -0.15) is 5.26 Å². The molecule has 1 heterocycles. The second-order valence-electron chi connectivity index (χ2n) is 5.97. The first-order chi connectivity index (χ1) is 12.7. The molecule has 1 fully saturated rings. The molecule has 1 aliphatic rings. The van der Waals surface area contributed by atoms with Gasteiger partial charge in [0.05, 0.1) is 12.2 Å². The van der Waals surface area contributed by atoms with Gasteiger partial charge in [-0.15, -0.1) is 0 Å². The molecule has 1 N–H and O–H groups in total. The van der Waals surface area contributed by atoms with Crippen LogP contribution < -0.4 is 10.1 Å². The van der Waals surface area contributed by atoms with E-state index >= 15 is 0 Å². The van der Waals surface area contributed by atoms with Gasteiger partial charge in [0.15, 0.2) is 5.76 Å². The van der Waals surface area contributed by atoms with Crippen molar-refractivity contribution in [2.45, 2.75) is 19.4 Å². The quantitative estimate of drug-likeness (QED) is 0.731. The van der Waals surface area contributed by atoms with Gasteiger partial charge in [-0.25, -0.2) is 0 Å². The van der Waals surface area contributed by atoms with Crippen molar-refractivity contribution >= 4 is 11.9 Å². The van der Waals surface area contributed by atoms with Gasteiger partial charge in [0.1, 0.15) is 30.7 Å². The molecule has 134 valence electrons. The lowest BCUT2D eigenvalue weighted by Crippen LogP contribution is -2.30. The van der Waals surface area contributed by atoms with Crippen molar-refractivity contribution in [3.8, 4) is 11.8 Å². The Kier molecular flexibility index (Phi) is 5.54. The monoisotopic (exact) mass is 354 g/mol. The summed E-state index contributed by atoms with van der Waals surface area (Å²) in [6, 6.07) is 12.0. The summed E-state index contributed by atoms with van der Waals surface area (Å²) in [4.78, 5) is 23.5. The van der Waals surface area contributed by atoms with Crippen LogP contribution in [0.1, 0.15) is 34.7 Å². The van der Waals surface area contributed by atoms with Crippen LogP contribution in [0.25, 0.3) is 0 Å². The minimum Gasteiger partial charge on any atom is -0.484 e. The molecule has 1 aliphatic carbocycles. The summed E-state index contributed by atoms with van der Waals surface area (Å²) >= 11 is 0. The Hall–Kier alpha value is -3.27. The first-order valence-corrected chi connectivity index (χ1v) is 8.30. The molecule has 0 saturated heterocycles. The van der Waals surface area contributed by atoms with Crippen LogP contribution >= 0.6 is 0 Å². The minimum absolute atomic E-state index is 0.0761. The Bertz CT molecular complexity index is 832. The number of amides is 1. The van der Waals surface area contributed by atoms with Crippen LogP contribution in [-0.4, -0.2) is 25.0 Å². The lowest BCUT2D eigenvalue weighted by molar-refractivity contribution is -0.142. The highest BCUT2D eigenvalue weighted by Gasteiger charge is 2.23. The number of hydrogen-bond donors (Lipinski definition) is 1. The summed E-state index contributed by atoms with van der Waals surface area (Å²) in [6.07, 6.45) is 2.19. The predicted molar refractivity (Wildman–Crippen MR) is 90.2 cm³/mol. The topological polar surface area (TPSA) is 102 Å². The van der Waals surface area contributed by atoms with Crippen LogP contribution in [0.5, 0.6) is 5.75 Å². The van der Waals surface area contributed by atoms with E-state index in [4.69, 9.17) is 19.2 Å². The van der Waals surface area contributed by atoms with Gasteiger partial charge in [-0.1, -0.05) is 12.1 Å². The fraction of sp³-hybridized carbons (Fsp3) is 0.316. The van der Waals surface area contributed by atoms with Crippen molar-refractivity contribution in [3.63, 3.8) is 0 Å². The zero-order valence-corrected chi connectivity index (χ0v) is 14.1. The molecule has 0 unspecified atom stereocenters. The number of hydrogen-bond acceptors (Lipinski definition) is 6. The van der Waals surface area contributed by atoms with Gasteiger partial charge in [0.25, 0.3) is 5.91 Å². The summed E-state index contributed by atoms with van der Waals surface area (Å²) < 4.78 is 16.0. The molecule has 0 atom stereocenters. The summed E-state index contributed by atoms with van der Waals surface area (Å²) in [5, 5.41) is 11.5. The van der Waals surface area contributed by atoms with Crippen molar-refractivity contribution in [3.05, 3.63) is 53.5 Å². The summed E-state index contributed by atoms with van der Waals surface area (Å²) in [6.45, 7) is 0.296. The fourth-order valence-corrected chi connectivity index (χ4v) is 2.20. The van der Waals surface area contributed by atoms with Crippen molar-refractivity contribution in [2.75, 3.05) is 13.2 Å². The Balaban J connectivity index is 1.46. The van der Waals surface area contributed by atoms with Gasteiger partial charge in [-0.3, -0.25) is 9.59 Å². The van der Waals surface area contributed by atoms with Crippen LogP contribution in [0, 0.1) is 17.2 Å². The molecule has 0 bridgehead atoms. The molecule has 0 spiro atoms. The first-order valence-electron chi connectivity index (χ1n) is 8.30. The van der Waals surface area contributed by atoms with Crippen molar-refractivity contribution in [1.82, 2.24) is 5.32 Å². The van der Waals surface area contributed by atoms with Crippen molar-refractivity contribution < 1.29 is 23.5 Å². The van der Waals surface area contributed by atoms with Crippen molar-refractivity contribution in [1.29, 1.82) is 5.26 Å². The van der Waals surface area contributed by atoms with Crippen LogP contribution in [0.2, 0.25) is 0 Å².